The Hall–Kier alpha value is -2.60. The number of nitrogens with zero attached hydrogens (tertiary/aromatic N) is 2. The zero-order chi connectivity index (χ0) is 25.1. The van der Waals surface area contributed by atoms with Crippen LogP contribution in [0.4, 0.5) is 4.39 Å². The fraction of sp³-hybridized carbons (Fsp3) is 0.517. The predicted molar refractivity (Wildman–Crippen MR) is 141 cm³/mol. The Bertz CT molecular complexity index is 1200. The summed E-state index contributed by atoms with van der Waals surface area (Å²) < 4.78 is 22.5. The monoisotopic (exact) mass is 511 g/mol. The lowest BCUT2D eigenvalue weighted by molar-refractivity contribution is -0.127. The summed E-state index contributed by atoms with van der Waals surface area (Å²) in [6.45, 7) is 1.91. The van der Waals surface area contributed by atoms with Crippen LogP contribution in [0.15, 0.2) is 42.5 Å². The van der Waals surface area contributed by atoms with Gasteiger partial charge in [-0.1, -0.05) is 62.3 Å². The second kappa shape index (κ2) is 11.2. The van der Waals surface area contributed by atoms with Gasteiger partial charge < -0.3 is 14.6 Å². The van der Waals surface area contributed by atoms with Crippen LogP contribution >= 0.6 is 11.6 Å². The first-order valence-electron chi connectivity index (χ1n) is 13.4. The number of aromatic nitrogens is 2. The average Bonchev–Trinajstić information content (AvgIpc) is 3.25. The third-order valence-corrected chi connectivity index (χ3v) is 8.09. The standard InChI is InChI=1S/C29H35ClFN3O2/c1-19(36-26-15-9-8-14-23(26)30)28-33-24-18-21(31)16-17-25(24)34(28)27(20-10-4-2-5-11-20)29(35)32-22-12-6-3-7-13-22/h8-9,14-20,22,27H,2-7,10-13H2,1H3,(H,32,35). The Morgan fingerprint density at radius 1 is 1.06 bits per heavy atom. The summed E-state index contributed by atoms with van der Waals surface area (Å²) in [7, 11) is 0. The Balaban J connectivity index is 1.57. The highest BCUT2D eigenvalue weighted by Gasteiger charge is 2.36. The molecule has 5 nitrogen and oxygen atoms in total. The molecule has 1 amide bonds. The minimum atomic E-state index is -0.492. The number of imidazole rings is 1. The largest absolute Gasteiger partial charge is 0.481 e. The summed E-state index contributed by atoms with van der Waals surface area (Å²) in [6.07, 6.45) is 10.5. The van der Waals surface area contributed by atoms with Gasteiger partial charge >= 0.3 is 0 Å². The van der Waals surface area contributed by atoms with Gasteiger partial charge in [-0.3, -0.25) is 4.79 Å². The number of para-hydroxylation sites is 1. The molecule has 36 heavy (non-hydrogen) atoms. The highest BCUT2D eigenvalue weighted by Crippen LogP contribution is 2.39. The van der Waals surface area contributed by atoms with Crippen molar-refractivity contribution in [3.8, 4) is 5.75 Å². The molecule has 2 atom stereocenters. The van der Waals surface area contributed by atoms with Crippen LogP contribution in [0, 0.1) is 11.7 Å². The van der Waals surface area contributed by atoms with Gasteiger partial charge in [0.15, 0.2) is 11.9 Å². The van der Waals surface area contributed by atoms with Gasteiger partial charge in [-0.05, 0) is 62.8 Å². The lowest BCUT2D eigenvalue weighted by Gasteiger charge is -2.34. The Morgan fingerprint density at radius 3 is 2.47 bits per heavy atom. The summed E-state index contributed by atoms with van der Waals surface area (Å²) in [5.41, 5.74) is 1.29. The fourth-order valence-corrected chi connectivity index (χ4v) is 6.16. The van der Waals surface area contributed by atoms with E-state index in [9.17, 15) is 9.18 Å². The Kier molecular flexibility index (Phi) is 7.80. The number of amides is 1. The van der Waals surface area contributed by atoms with Gasteiger partial charge in [-0.2, -0.15) is 0 Å². The molecule has 3 aromatic rings. The van der Waals surface area contributed by atoms with Gasteiger partial charge in [-0.15, -0.1) is 0 Å². The van der Waals surface area contributed by atoms with Crippen molar-refractivity contribution in [2.45, 2.75) is 89.3 Å². The molecule has 2 aromatic carbocycles. The summed E-state index contributed by atoms with van der Waals surface area (Å²) in [5, 5.41) is 3.89. The molecule has 2 fully saturated rings. The van der Waals surface area contributed by atoms with Crippen molar-refractivity contribution in [3.05, 3.63) is 59.1 Å². The summed E-state index contributed by atoms with van der Waals surface area (Å²) in [6, 6.07) is 11.7. The normalized spacial score (nSPS) is 19.2. The molecule has 0 saturated heterocycles. The summed E-state index contributed by atoms with van der Waals surface area (Å²) in [5.74, 6) is 1.06. The van der Waals surface area contributed by atoms with Gasteiger partial charge in [0, 0.05) is 12.1 Å². The van der Waals surface area contributed by atoms with Crippen LogP contribution in [-0.4, -0.2) is 21.5 Å². The molecular formula is C29H35ClFN3O2. The first-order valence-corrected chi connectivity index (χ1v) is 13.8. The highest BCUT2D eigenvalue weighted by molar-refractivity contribution is 6.32. The van der Waals surface area contributed by atoms with Crippen molar-refractivity contribution in [2.75, 3.05) is 0 Å². The van der Waals surface area contributed by atoms with Crippen LogP contribution in [0.25, 0.3) is 11.0 Å². The maximum atomic E-state index is 14.2. The molecular weight excluding hydrogens is 477 g/mol. The Labute approximate surface area is 217 Å². The number of halogens is 2. The second-order valence-corrected chi connectivity index (χ2v) is 10.8. The van der Waals surface area contributed by atoms with Gasteiger partial charge in [0.05, 0.1) is 16.1 Å². The number of nitrogens with one attached hydrogen (secondary N) is 1. The predicted octanol–water partition coefficient (Wildman–Crippen LogP) is 7.54. The molecule has 192 valence electrons. The number of hydrogen-bond donors (Lipinski definition) is 1. The maximum Gasteiger partial charge on any atom is 0.243 e. The first kappa shape index (κ1) is 25.1. The average molecular weight is 512 g/mol. The minimum absolute atomic E-state index is 0.0450. The minimum Gasteiger partial charge on any atom is -0.481 e. The molecule has 1 aromatic heterocycles. The van der Waals surface area contributed by atoms with E-state index in [-0.39, 0.29) is 23.7 Å². The van der Waals surface area contributed by atoms with E-state index in [1.54, 1.807) is 12.1 Å². The van der Waals surface area contributed by atoms with E-state index in [1.165, 1.54) is 25.0 Å². The van der Waals surface area contributed by atoms with Crippen molar-refractivity contribution < 1.29 is 13.9 Å². The molecule has 0 spiro atoms. The molecule has 2 unspecified atom stereocenters. The second-order valence-electron chi connectivity index (χ2n) is 10.3. The van der Waals surface area contributed by atoms with E-state index in [4.69, 9.17) is 21.3 Å². The van der Waals surface area contributed by atoms with Crippen molar-refractivity contribution in [2.24, 2.45) is 5.92 Å². The van der Waals surface area contributed by atoms with E-state index in [1.807, 2.05) is 29.7 Å². The summed E-state index contributed by atoms with van der Waals surface area (Å²) >= 11 is 6.37. The Morgan fingerprint density at radius 2 is 1.75 bits per heavy atom. The number of benzene rings is 2. The summed E-state index contributed by atoms with van der Waals surface area (Å²) in [4.78, 5) is 18.8. The third kappa shape index (κ3) is 5.39. The molecule has 5 rings (SSSR count). The van der Waals surface area contributed by atoms with Crippen LogP contribution in [0.2, 0.25) is 5.02 Å². The number of carbonyl (C=O) groups is 1. The van der Waals surface area contributed by atoms with Crippen molar-refractivity contribution in [3.63, 3.8) is 0 Å². The number of hydrogen-bond acceptors (Lipinski definition) is 3. The zero-order valence-corrected chi connectivity index (χ0v) is 21.6. The molecule has 0 radical (unpaired) electrons. The number of rotatable bonds is 7. The third-order valence-electron chi connectivity index (χ3n) is 7.78. The van der Waals surface area contributed by atoms with Crippen LogP contribution < -0.4 is 10.1 Å². The molecule has 7 heteroatoms. The van der Waals surface area contributed by atoms with Gasteiger partial charge in [-0.25, -0.2) is 9.37 Å². The van der Waals surface area contributed by atoms with Crippen molar-refractivity contribution in [1.29, 1.82) is 0 Å². The van der Waals surface area contributed by atoms with Crippen LogP contribution in [0.3, 0.4) is 0 Å². The van der Waals surface area contributed by atoms with Gasteiger partial charge in [0.2, 0.25) is 5.91 Å². The van der Waals surface area contributed by atoms with E-state index >= 15 is 0 Å². The maximum absolute atomic E-state index is 14.2. The molecule has 1 N–H and O–H groups in total. The molecule has 0 aliphatic heterocycles. The lowest BCUT2D eigenvalue weighted by Crippen LogP contribution is -2.44. The number of fused-ring (bicyclic) bond motifs is 1. The van der Waals surface area contributed by atoms with Gasteiger partial charge in [0.25, 0.3) is 0 Å². The van der Waals surface area contributed by atoms with Crippen molar-refractivity contribution >= 4 is 28.5 Å². The SMILES string of the molecule is CC(Oc1ccccc1Cl)c1nc2cc(F)ccc2n1C(C(=O)NC1CCCCC1)C1CCCCC1. The smallest absolute Gasteiger partial charge is 0.243 e. The molecule has 1 heterocycles. The lowest BCUT2D eigenvalue weighted by atomic mass is 9.82. The van der Waals surface area contributed by atoms with Crippen LogP contribution in [-0.2, 0) is 4.79 Å². The van der Waals surface area contributed by atoms with Crippen LogP contribution in [0.1, 0.15) is 89.1 Å². The zero-order valence-electron chi connectivity index (χ0n) is 20.9. The van der Waals surface area contributed by atoms with E-state index in [0.29, 0.717) is 22.1 Å². The first-order chi connectivity index (χ1) is 17.5. The topological polar surface area (TPSA) is 56.2 Å². The van der Waals surface area contributed by atoms with E-state index in [0.717, 1.165) is 56.9 Å². The number of carbonyl (C=O) groups excluding carboxylic acids is 1. The molecule has 2 saturated carbocycles. The van der Waals surface area contributed by atoms with E-state index < -0.39 is 12.1 Å². The molecule has 0 bridgehead atoms. The van der Waals surface area contributed by atoms with Gasteiger partial charge in [0.1, 0.15) is 17.6 Å². The van der Waals surface area contributed by atoms with Crippen molar-refractivity contribution in [1.82, 2.24) is 14.9 Å². The highest BCUT2D eigenvalue weighted by atomic mass is 35.5. The molecule has 2 aliphatic carbocycles. The number of ether oxygens (including phenoxy) is 1. The van der Waals surface area contributed by atoms with E-state index in [2.05, 4.69) is 5.32 Å². The fourth-order valence-electron chi connectivity index (χ4n) is 5.98. The van der Waals surface area contributed by atoms with Crippen LogP contribution in [0.5, 0.6) is 5.75 Å². The molecule has 2 aliphatic rings. The quantitative estimate of drug-likeness (QED) is 0.356.